The average Bonchev–Trinajstić information content (AvgIpc) is 2.55. The van der Waals surface area contributed by atoms with Gasteiger partial charge in [-0.25, -0.2) is 5.01 Å². The Hall–Kier alpha value is -2.56. The first-order valence-corrected chi connectivity index (χ1v) is 7.64. The number of phenols is 1. The summed E-state index contributed by atoms with van der Waals surface area (Å²) in [4.78, 5) is 11.0. The number of benzene rings is 2. The van der Waals surface area contributed by atoms with Crippen LogP contribution in [0.1, 0.15) is 37.4 Å². The number of aryl methyl sites for hydroxylation is 1. The van der Waals surface area contributed by atoms with E-state index in [0.717, 1.165) is 24.0 Å². The van der Waals surface area contributed by atoms with E-state index in [9.17, 15) is 14.4 Å². The molecular weight excluding hydrogens is 295 g/mol. The van der Waals surface area contributed by atoms with Crippen LogP contribution in [0.4, 0.5) is 10.2 Å². The summed E-state index contributed by atoms with van der Waals surface area (Å²) in [6.07, 6.45) is 1.97. The molecule has 1 atom stereocenters. The number of anilines is 1. The summed E-state index contributed by atoms with van der Waals surface area (Å²) in [5.74, 6) is 0.0147. The Morgan fingerprint density at radius 1 is 1.22 bits per heavy atom. The highest BCUT2D eigenvalue weighted by Crippen LogP contribution is 2.32. The number of halogens is 1. The minimum absolute atomic E-state index is 0.0147. The van der Waals surface area contributed by atoms with Crippen LogP contribution in [0.5, 0.6) is 5.75 Å². The topological polar surface area (TPSA) is 43.8 Å². The van der Waals surface area contributed by atoms with Crippen LogP contribution in [0.15, 0.2) is 48.5 Å². The van der Waals surface area contributed by atoms with Gasteiger partial charge in [0.05, 0.1) is 11.7 Å². The summed E-state index contributed by atoms with van der Waals surface area (Å²) in [5, 5.41) is 10.9. The van der Waals surface area contributed by atoms with E-state index in [1.807, 2.05) is 31.2 Å². The van der Waals surface area contributed by atoms with Crippen LogP contribution in [0.2, 0.25) is 0 Å². The molecule has 0 aromatic heterocycles. The Kier molecular flexibility index (Phi) is 5.57. The second-order valence-corrected chi connectivity index (χ2v) is 5.38. The van der Waals surface area contributed by atoms with Gasteiger partial charge in [-0.05, 0) is 36.6 Å². The zero-order valence-corrected chi connectivity index (χ0v) is 13.3. The number of phenolic OH excluding ortho intramolecular Hbond substituents is 1. The molecule has 0 saturated carbocycles. The van der Waals surface area contributed by atoms with E-state index in [1.54, 1.807) is 12.1 Å². The Morgan fingerprint density at radius 2 is 1.96 bits per heavy atom. The number of carbonyl (C=O) groups excluding carboxylic acids is 1. The van der Waals surface area contributed by atoms with Gasteiger partial charge in [0.2, 0.25) is 0 Å². The van der Waals surface area contributed by atoms with Crippen LogP contribution in [-0.4, -0.2) is 16.7 Å². The van der Waals surface area contributed by atoms with Gasteiger partial charge in [0, 0.05) is 6.07 Å². The molecule has 2 aromatic carbocycles. The van der Waals surface area contributed by atoms with Crippen molar-refractivity contribution >= 4 is 12.1 Å². The normalized spacial score (nSPS) is 11.8. The molecule has 2 rings (SSSR count). The Morgan fingerprint density at radius 3 is 2.61 bits per heavy atom. The van der Waals surface area contributed by atoms with Gasteiger partial charge in [-0.2, -0.15) is 0 Å². The average molecular weight is 316 g/mol. The first kappa shape index (κ1) is 16.8. The lowest BCUT2D eigenvalue weighted by Gasteiger charge is -2.33. The molecular formula is C18H21FN2O2. The summed E-state index contributed by atoms with van der Waals surface area (Å²) in [6.45, 7) is 3.91. The van der Waals surface area contributed by atoms with Crippen molar-refractivity contribution in [3.8, 4) is 5.75 Å². The first-order chi connectivity index (χ1) is 11.1. The Bertz CT molecular complexity index is 663. The van der Waals surface area contributed by atoms with Gasteiger partial charge >= 0.3 is 0 Å². The minimum atomic E-state index is -0.408. The summed E-state index contributed by atoms with van der Waals surface area (Å²) in [7, 11) is 0. The van der Waals surface area contributed by atoms with Crippen molar-refractivity contribution in [2.45, 2.75) is 32.7 Å². The molecule has 0 aliphatic rings. The van der Waals surface area contributed by atoms with E-state index in [4.69, 9.17) is 0 Å². The number of hydrogen-bond acceptors (Lipinski definition) is 3. The molecule has 5 heteroatoms. The highest BCUT2D eigenvalue weighted by molar-refractivity contribution is 5.57. The molecule has 2 aromatic rings. The summed E-state index contributed by atoms with van der Waals surface area (Å²) < 4.78 is 14.2. The van der Waals surface area contributed by atoms with Crippen LogP contribution in [0, 0.1) is 0 Å². The fraction of sp³-hybridized carbons (Fsp3) is 0.278. The number of hydrazine groups is 1. The van der Waals surface area contributed by atoms with Crippen LogP contribution >= 0.6 is 0 Å². The number of amides is 1. The first-order valence-electron chi connectivity index (χ1n) is 7.64. The van der Waals surface area contributed by atoms with Crippen LogP contribution in [0.25, 0.3) is 0 Å². The zero-order chi connectivity index (χ0) is 16.8. The monoisotopic (exact) mass is 316 g/mol. The van der Waals surface area contributed by atoms with Crippen molar-refractivity contribution in [1.82, 2.24) is 5.23 Å². The highest BCUT2D eigenvalue weighted by Gasteiger charge is 2.24. The second kappa shape index (κ2) is 7.63. The summed E-state index contributed by atoms with van der Waals surface area (Å²) in [6, 6.07) is 13.6. The van der Waals surface area contributed by atoms with Crippen molar-refractivity contribution in [3.05, 3.63) is 59.7 Å². The fourth-order valence-electron chi connectivity index (χ4n) is 2.76. The fourth-order valence-corrected chi connectivity index (χ4v) is 2.76. The van der Waals surface area contributed by atoms with Gasteiger partial charge in [0.25, 0.3) is 6.41 Å². The number of aromatic hydroxyl groups is 1. The number of nitrogens with zero attached hydrogens (tertiary/aromatic N) is 2. The molecule has 0 bridgehead atoms. The lowest BCUT2D eigenvalue weighted by molar-refractivity contribution is -0.134. The number of hydrogen-bond donors (Lipinski definition) is 1. The third kappa shape index (κ3) is 3.80. The summed E-state index contributed by atoms with van der Waals surface area (Å²) >= 11 is 0. The molecule has 0 spiro atoms. The highest BCUT2D eigenvalue weighted by atomic mass is 19.2. The second-order valence-electron chi connectivity index (χ2n) is 5.38. The van der Waals surface area contributed by atoms with E-state index in [2.05, 4.69) is 6.92 Å². The maximum atomic E-state index is 14.2. The molecule has 0 fully saturated rings. The van der Waals surface area contributed by atoms with Crippen molar-refractivity contribution < 1.29 is 14.4 Å². The maximum absolute atomic E-state index is 14.2. The van der Waals surface area contributed by atoms with Gasteiger partial charge in [-0.3, -0.25) is 4.79 Å². The van der Waals surface area contributed by atoms with E-state index < -0.39 is 6.04 Å². The smallest absolute Gasteiger partial charge is 0.260 e. The molecule has 1 amide bonds. The quantitative estimate of drug-likeness (QED) is 0.474. The number of rotatable bonds is 7. The largest absolute Gasteiger partial charge is 0.508 e. The molecule has 0 aliphatic heterocycles. The molecule has 4 nitrogen and oxygen atoms in total. The van der Waals surface area contributed by atoms with Crippen molar-refractivity contribution in [1.29, 1.82) is 0 Å². The van der Waals surface area contributed by atoms with Gasteiger partial charge in [0.1, 0.15) is 5.75 Å². The van der Waals surface area contributed by atoms with Crippen LogP contribution in [-0.2, 0) is 11.2 Å². The molecule has 122 valence electrons. The molecule has 0 aliphatic carbocycles. The van der Waals surface area contributed by atoms with E-state index in [0.29, 0.717) is 5.69 Å². The SMILES string of the molecule is CCCc1ccccc1[C@@H](C)N(c1cccc(O)c1)N(F)C=O. The predicted molar refractivity (Wildman–Crippen MR) is 88.4 cm³/mol. The van der Waals surface area contributed by atoms with Crippen molar-refractivity contribution in [2.24, 2.45) is 0 Å². The zero-order valence-electron chi connectivity index (χ0n) is 13.3. The molecule has 23 heavy (non-hydrogen) atoms. The standard InChI is InChI=1S/C18H21FN2O2/c1-3-7-15-8-4-5-11-18(15)14(2)21(20(19)13-22)16-9-6-10-17(23)12-16/h4-6,8-14,23H,3,7H2,1-2H3/t14-/m1/s1. The Balaban J connectivity index is 2.45. The Labute approximate surface area is 135 Å². The molecule has 0 saturated heterocycles. The van der Waals surface area contributed by atoms with Gasteiger partial charge in [0.15, 0.2) is 0 Å². The van der Waals surface area contributed by atoms with Gasteiger partial charge < -0.3 is 5.11 Å². The molecule has 0 unspecified atom stereocenters. The van der Waals surface area contributed by atoms with Crippen molar-refractivity contribution in [2.75, 3.05) is 5.01 Å². The van der Waals surface area contributed by atoms with Crippen molar-refractivity contribution in [3.63, 3.8) is 0 Å². The van der Waals surface area contributed by atoms with E-state index in [-0.39, 0.29) is 17.4 Å². The minimum Gasteiger partial charge on any atom is -0.508 e. The van der Waals surface area contributed by atoms with Gasteiger partial charge in [-0.15, -0.1) is 0 Å². The predicted octanol–water partition coefficient (Wildman–Crippen LogP) is 4.17. The molecule has 0 heterocycles. The van der Waals surface area contributed by atoms with Crippen LogP contribution < -0.4 is 5.01 Å². The van der Waals surface area contributed by atoms with E-state index in [1.165, 1.54) is 17.1 Å². The number of carbonyl (C=O) groups is 1. The molecule has 0 radical (unpaired) electrons. The van der Waals surface area contributed by atoms with Crippen LogP contribution in [0.3, 0.4) is 0 Å². The molecule has 1 N–H and O–H groups in total. The summed E-state index contributed by atoms with van der Waals surface area (Å²) in [5.41, 5.74) is 2.47. The third-order valence-electron chi connectivity index (χ3n) is 3.78. The van der Waals surface area contributed by atoms with E-state index >= 15 is 0 Å². The lowest BCUT2D eigenvalue weighted by atomic mass is 9.97. The van der Waals surface area contributed by atoms with Gasteiger partial charge in [-0.1, -0.05) is 53.4 Å². The maximum Gasteiger partial charge on any atom is 0.260 e. The third-order valence-corrected chi connectivity index (χ3v) is 3.78. The lowest BCUT2D eigenvalue weighted by Crippen LogP contribution is -2.38.